The van der Waals surface area contributed by atoms with Crippen LogP contribution in [-0.4, -0.2) is 43.1 Å². The van der Waals surface area contributed by atoms with Gasteiger partial charge < -0.3 is 14.6 Å². The Balaban J connectivity index is 2.68. The topological polar surface area (TPSA) is 75.7 Å². The van der Waals surface area contributed by atoms with Crippen LogP contribution in [0.5, 0.6) is 0 Å². The fourth-order valence-corrected chi connectivity index (χ4v) is 1.99. The molecular formula is C13H7F7IO5-. The van der Waals surface area contributed by atoms with Gasteiger partial charge in [-0.1, -0.05) is 0 Å². The Morgan fingerprint density at radius 1 is 1.00 bits per heavy atom. The number of carbonyl (C=O) groups is 2. The van der Waals surface area contributed by atoms with Crippen molar-refractivity contribution in [2.24, 2.45) is 0 Å². The lowest BCUT2D eigenvalue weighted by atomic mass is 10.0. The molecule has 1 rings (SSSR count). The van der Waals surface area contributed by atoms with Gasteiger partial charge in [0.15, 0.2) is 5.60 Å². The lowest BCUT2D eigenvalue weighted by molar-refractivity contribution is -0.574. The third kappa shape index (κ3) is 4.75. The van der Waals surface area contributed by atoms with E-state index in [1.165, 1.54) is 6.07 Å². The third-order valence-electron chi connectivity index (χ3n) is 2.78. The fourth-order valence-electron chi connectivity index (χ4n) is 1.49. The molecule has 0 N–H and O–H groups in total. The van der Waals surface area contributed by atoms with Crippen molar-refractivity contribution in [2.75, 3.05) is 13.2 Å². The van der Waals surface area contributed by atoms with Gasteiger partial charge in [-0.3, -0.25) is 4.79 Å². The Morgan fingerprint density at radius 3 is 2.00 bits per heavy atom. The van der Waals surface area contributed by atoms with E-state index in [4.69, 9.17) is 0 Å². The van der Waals surface area contributed by atoms with Crippen LogP contribution >= 0.6 is 22.6 Å². The molecule has 146 valence electrons. The van der Waals surface area contributed by atoms with E-state index < -0.39 is 54.5 Å². The highest BCUT2D eigenvalue weighted by atomic mass is 127. The summed E-state index contributed by atoms with van der Waals surface area (Å²) in [6.45, 7) is -2.27. The van der Waals surface area contributed by atoms with E-state index in [1.807, 2.05) is 0 Å². The van der Waals surface area contributed by atoms with Crippen molar-refractivity contribution in [3.63, 3.8) is 0 Å². The van der Waals surface area contributed by atoms with E-state index in [0.29, 0.717) is 3.57 Å². The Labute approximate surface area is 154 Å². The summed E-state index contributed by atoms with van der Waals surface area (Å²) in [5.41, 5.74) is -6.53. The molecule has 0 atom stereocenters. The van der Waals surface area contributed by atoms with Crippen LogP contribution in [-0.2, 0) is 14.3 Å². The first-order chi connectivity index (χ1) is 11.7. The summed E-state index contributed by atoms with van der Waals surface area (Å²) in [6, 6.07) is 3.31. The SMILES string of the molecule is O=C(OCCOC(=O)C([O-])(C(F)(F)F)C(F)(F)F)c1cc(I)ccc1F. The molecule has 0 fully saturated rings. The molecule has 5 nitrogen and oxygen atoms in total. The lowest BCUT2D eigenvalue weighted by Gasteiger charge is -2.40. The van der Waals surface area contributed by atoms with Crippen molar-refractivity contribution in [3.05, 3.63) is 33.1 Å². The van der Waals surface area contributed by atoms with Gasteiger partial charge in [0.2, 0.25) is 0 Å². The van der Waals surface area contributed by atoms with Crippen molar-refractivity contribution in [1.29, 1.82) is 0 Å². The van der Waals surface area contributed by atoms with Crippen molar-refractivity contribution in [1.82, 2.24) is 0 Å². The molecule has 1 aromatic rings. The number of halogens is 8. The minimum absolute atomic E-state index is 0.439. The average molecular weight is 503 g/mol. The number of alkyl halides is 6. The molecule has 1 aromatic carbocycles. The monoisotopic (exact) mass is 503 g/mol. The molecule has 0 bridgehead atoms. The van der Waals surface area contributed by atoms with Crippen LogP contribution in [0.4, 0.5) is 30.7 Å². The number of esters is 2. The molecule has 0 amide bonds. The second-order valence-corrected chi connectivity index (χ2v) is 5.82. The molecule has 26 heavy (non-hydrogen) atoms. The van der Waals surface area contributed by atoms with Crippen molar-refractivity contribution in [2.45, 2.75) is 18.0 Å². The molecule has 0 radical (unpaired) electrons. The number of carbonyl (C=O) groups excluding carboxylic acids is 2. The van der Waals surface area contributed by atoms with Gasteiger partial charge in [-0.05, 0) is 40.8 Å². The van der Waals surface area contributed by atoms with Gasteiger partial charge >= 0.3 is 24.3 Å². The molecule has 0 spiro atoms. The molecule has 13 heteroatoms. The van der Waals surface area contributed by atoms with E-state index >= 15 is 0 Å². The van der Waals surface area contributed by atoms with Gasteiger partial charge in [0.25, 0.3) is 0 Å². The predicted octanol–water partition coefficient (Wildman–Crippen LogP) is 2.35. The zero-order valence-electron chi connectivity index (χ0n) is 12.2. The van der Waals surface area contributed by atoms with E-state index in [-0.39, 0.29) is 0 Å². The molecule has 0 aliphatic heterocycles. The summed E-state index contributed by atoms with van der Waals surface area (Å²) in [5, 5.41) is 11.0. The molecule has 0 saturated heterocycles. The number of benzene rings is 1. The van der Waals surface area contributed by atoms with Crippen LogP contribution in [0, 0.1) is 9.39 Å². The lowest BCUT2D eigenvalue weighted by Crippen LogP contribution is -2.71. The highest BCUT2D eigenvalue weighted by Gasteiger charge is 2.68. The molecular weight excluding hydrogens is 496 g/mol. The van der Waals surface area contributed by atoms with Crippen LogP contribution < -0.4 is 5.11 Å². The number of rotatable bonds is 5. The van der Waals surface area contributed by atoms with Crippen LogP contribution in [0.1, 0.15) is 10.4 Å². The van der Waals surface area contributed by atoms with Gasteiger partial charge in [-0.2, -0.15) is 26.3 Å². The quantitative estimate of drug-likeness (QED) is 0.267. The smallest absolute Gasteiger partial charge is 0.399 e. The van der Waals surface area contributed by atoms with Gasteiger partial charge in [-0.15, -0.1) is 0 Å². The Hall–Kier alpha value is -1.64. The molecule has 0 aliphatic carbocycles. The largest absolute Gasteiger partial charge is 0.828 e. The van der Waals surface area contributed by atoms with Crippen LogP contribution in [0.2, 0.25) is 0 Å². The zero-order valence-corrected chi connectivity index (χ0v) is 14.4. The predicted molar refractivity (Wildman–Crippen MR) is 75.2 cm³/mol. The Bertz CT molecular complexity index is 672. The standard InChI is InChI=1S/C13H7F7IO5/c14-8-2-1-6(21)5-7(8)9(22)25-3-4-26-10(23)11(24,12(15,16)17)13(18,19)20/h1-2,5H,3-4H2/q-1. The molecule has 0 heterocycles. The van der Waals surface area contributed by atoms with Gasteiger partial charge in [0.05, 0.1) is 5.56 Å². The summed E-state index contributed by atoms with van der Waals surface area (Å²) in [7, 11) is 0. The number of hydrogen-bond acceptors (Lipinski definition) is 5. The van der Waals surface area contributed by atoms with Gasteiger partial charge in [0, 0.05) is 3.57 Å². The Kier molecular flexibility index (Phi) is 6.84. The van der Waals surface area contributed by atoms with Crippen molar-refractivity contribution < 1.29 is 54.9 Å². The van der Waals surface area contributed by atoms with Crippen molar-refractivity contribution >= 4 is 34.5 Å². The first kappa shape index (κ1) is 22.4. The maximum atomic E-state index is 13.4. The van der Waals surface area contributed by atoms with Crippen LogP contribution in [0.15, 0.2) is 18.2 Å². The summed E-state index contributed by atoms with van der Waals surface area (Å²) in [6.07, 6.45) is -13.0. The van der Waals surface area contributed by atoms with E-state index in [2.05, 4.69) is 9.47 Å². The number of ether oxygens (including phenoxy) is 2. The maximum absolute atomic E-state index is 13.4. The van der Waals surface area contributed by atoms with Crippen molar-refractivity contribution in [3.8, 4) is 0 Å². The maximum Gasteiger partial charge on any atom is 0.399 e. The first-order valence-electron chi connectivity index (χ1n) is 6.35. The van der Waals surface area contributed by atoms with E-state index in [0.717, 1.165) is 12.1 Å². The average Bonchev–Trinajstić information content (AvgIpc) is 2.50. The second-order valence-electron chi connectivity index (χ2n) is 4.57. The van der Waals surface area contributed by atoms with Crippen LogP contribution in [0.3, 0.4) is 0 Å². The molecule has 0 unspecified atom stereocenters. The summed E-state index contributed by atoms with van der Waals surface area (Å²) < 4.78 is 95.8. The summed E-state index contributed by atoms with van der Waals surface area (Å²) >= 11 is 1.74. The number of hydrogen-bond donors (Lipinski definition) is 0. The summed E-state index contributed by atoms with van der Waals surface area (Å²) in [4.78, 5) is 22.5. The van der Waals surface area contributed by atoms with E-state index in [1.54, 1.807) is 22.6 Å². The highest BCUT2D eigenvalue weighted by Crippen LogP contribution is 2.41. The minimum Gasteiger partial charge on any atom is -0.828 e. The summed E-state index contributed by atoms with van der Waals surface area (Å²) in [5.74, 6) is -5.42. The second kappa shape index (κ2) is 7.94. The van der Waals surface area contributed by atoms with E-state index in [9.17, 15) is 45.4 Å². The highest BCUT2D eigenvalue weighted by molar-refractivity contribution is 14.1. The molecule has 0 aromatic heterocycles. The third-order valence-corrected chi connectivity index (χ3v) is 3.45. The van der Waals surface area contributed by atoms with Gasteiger partial charge in [-0.25, -0.2) is 9.18 Å². The van der Waals surface area contributed by atoms with Gasteiger partial charge in [0.1, 0.15) is 19.0 Å². The molecule has 0 aliphatic rings. The molecule has 0 saturated carbocycles. The first-order valence-corrected chi connectivity index (χ1v) is 7.43. The zero-order chi connectivity index (χ0) is 20.3. The minimum atomic E-state index is -6.50. The normalized spacial score (nSPS) is 12.7. The van der Waals surface area contributed by atoms with Crippen LogP contribution in [0.25, 0.3) is 0 Å². The Morgan fingerprint density at radius 2 is 1.50 bits per heavy atom. The fraction of sp³-hybridized carbons (Fsp3) is 0.385.